The van der Waals surface area contributed by atoms with E-state index in [0.717, 1.165) is 25.7 Å². The standard InChI is InChI=1S/C16H23NO3/c1-17(16(20)13-5-3-2-4-6-13)11-15(19)12-7-9-14(18)10-8-12/h7-10,13,15,18-19H,2-6,11H2,1H3. The second kappa shape index (κ2) is 6.75. The van der Waals surface area contributed by atoms with Crippen LogP contribution in [0.25, 0.3) is 0 Å². The van der Waals surface area contributed by atoms with E-state index in [0.29, 0.717) is 12.1 Å². The van der Waals surface area contributed by atoms with Crippen LogP contribution >= 0.6 is 0 Å². The second-order valence-electron chi connectivity index (χ2n) is 5.66. The Kier molecular flexibility index (Phi) is 5.01. The molecule has 0 aromatic heterocycles. The fourth-order valence-electron chi connectivity index (χ4n) is 2.81. The summed E-state index contributed by atoms with van der Waals surface area (Å²) >= 11 is 0. The number of carbonyl (C=O) groups is 1. The van der Waals surface area contributed by atoms with Gasteiger partial charge in [0.2, 0.25) is 5.91 Å². The lowest BCUT2D eigenvalue weighted by molar-refractivity contribution is -0.136. The Balaban J connectivity index is 1.91. The Morgan fingerprint density at radius 3 is 2.45 bits per heavy atom. The third-order valence-corrected chi connectivity index (χ3v) is 4.06. The van der Waals surface area contributed by atoms with Gasteiger partial charge >= 0.3 is 0 Å². The van der Waals surface area contributed by atoms with Crippen LogP contribution < -0.4 is 0 Å². The highest BCUT2D eigenvalue weighted by molar-refractivity contribution is 5.78. The first-order valence-electron chi connectivity index (χ1n) is 7.30. The van der Waals surface area contributed by atoms with Gasteiger partial charge < -0.3 is 15.1 Å². The summed E-state index contributed by atoms with van der Waals surface area (Å²) in [4.78, 5) is 13.9. The molecule has 4 heteroatoms. The van der Waals surface area contributed by atoms with Crippen molar-refractivity contribution in [2.45, 2.75) is 38.2 Å². The number of carbonyl (C=O) groups excluding carboxylic acids is 1. The number of aliphatic hydroxyl groups is 1. The first kappa shape index (κ1) is 14.9. The smallest absolute Gasteiger partial charge is 0.225 e. The maximum atomic E-state index is 12.3. The summed E-state index contributed by atoms with van der Waals surface area (Å²) in [6, 6.07) is 6.45. The molecule has 1 atom stereocenters. The molecular formula is C16H23NO3. The van der Waals surface area contributed by atoms with Gasteiger partial charge in [-0.15, -0.1) is 0 Å². The van der Waals surface area contributed by atoms with Gasteiger partial charge in [-0.05, 0) is 30.5 Å². The van der Waals surface area contributed by atoms with Crippen LogP contribution in [0.3, 0.4) is 0 Å². The third kappa shape index (κ3) is 3.73. The Morgan fingerprint density at radius 1 is 1.25 bits per heavy atom. The van der Waals surface area contributed by atoms with E-state index in [2.05, 4.69) is 0 Å². The van der Waals surface area contributed by atoms with Crippen molar-refractivity contribution in [3.05, 3.63) is 29.8 Å². The van der Waals surface area contributed by atoms with Gasteiger partial charge in [-0.1, -0.05) is 31.4 Å². The molecule has 1 saturated carbocycles. The fraction of sp³-hybridized carbons (Fsp3) is 0.562. The van der Waals surface area contributed by atoms with E-state index in [4.69, 9.17) is 0 Å². The number of aliphatic hydroxyl groups excluding tert-OH is 1. The van der Waals surface area contributed by atoms with Gasteiger partial charge in [0.15, 0.2) is 0 Å². The zero-order valence-electron chi connectivity index (χ0n) is 12.0. The highest BCUT2D eigenvalue weighted by Crippen LogP contribution is 2.26. The molecule has 1 amide bonds. The van der Waals surface area contributed by atoms with Gasteiger partial charge in [0.1, 0.15) is 5.75 Å². The summed E-state index contributed by atoms with van der Waals surface area (Å²) in [6.07, 6.45) is 4.71. The topological polar surface area (TPSA) is 60.8 Å². The van der Waals surface area contributed by atoms with Crippen molar-refractivity contribution in [3.63, 3.8) is 0 Å². The molecule has 1 aromatic carbocycles. The van der Waals surface area contributed by atoms with Crippen LogP contribution in [0.1, 0.15) is 43.8 Å². The molecule has 0 spiro atoms. The molecule has 20 heavy (non-hydrogen) atoms. The van der Waals surface area contributed by atoms with Crippen molar-refractivity contribution in [2.24, 2.45) is 5.92 Å². The normalized spacial score (nSPS) is 17.7. The molecule has 0 radical (unpaired) electrons. The van der Waals surface area contributed by atoms with Crippen molar-refractivity contribution >= 4 is 5.91 Å². The molecule has 0 bridgehead atoms. The lowest BCUT2D eigenvalue weighted by Gasteiger charge is -2.28. The molecule has 2 N–H and O–H groups in total. The first-order valence-corrected chi connectivity index (χ1v) is 7.30. The van der Waals surface area contributed by atoms with Gasteiger partial charge in [-0.3, -0.25) is 4.79 Å². The van der Waals surface area contributed by atoms with Crippen LogP contribution in [0, 0.1) is 5.92 Å². The van der Waals surface area contributed by atoms with Crippen molar-refractivity contribution in [1.29, 1.82) is 0 Å². The van der Waals surface area contributed by atoms with Gasteiger partial charge in [0, 0.05) is 13.0 Å². The van der Waals surface area contributed by atoms with Crippen molar-refractivity contribution in [2.75, 3.05) is 13.6 Å². The summed E-state index contributed by atoms with van der Waals surface area (Å²) in [6.45, 7) is 0.292. The van der Waals surface area contributed by atoms with Gasteiger partial charge in [-0.2, -0.15) is 0 Å². The van der Waals surface area contributed by atoms with Crippen LogP contribution in [0.4, 0.5) is 0 Å². The molecule has 4 nitrogen and oxygen atoms in total. The molecule has 0 aliphatic heterocycles. The molecule has 1 aromatic rings. The number of rotatable bonds is 4. The molecule has 1 aliphatic rings. The van der Waals surface area contributed by atoms with Crippen LogP contribution in [-0.2, 0) is 4.79 Å². The van der Waals surface area contributed by atoms with Gasteiger partial charge in [0.25, 0.3) is 0 Å². The maximum absolute atomic E-state index is 12.3. The summed E-state index contributed by atoms with van der Waals surface area (Å²) in [7, 11) is 1.75. The van der Waals surface area contributed by atoms with E-state index in [1.54, 1.807) is 36.2 Å². The number of amides is 1. The predicted octanol–water partition coefficient (Wildman–Crippen LogP) is 2.46. The Bertz CT molecular complexity index is 438. The SMILES string of the molecule is CN(CC(O)c1ccc(O)cc1)C(=O)C1CCCCC1. The number of aromatic hydroxyl groups is 1. The summed E-state index contributed by atoms with van der Waals surface area (Å²) in [5, 5.41) is 19.4. The second-order valence-corrected chi connectivity index (χ2v) is 5.66. The number of hydrogen-bond donors (Lipinski definition) is 2. The number of phenols is 1. The monoisotopic (exact) mass is 277 g/mol. The van der Waals surface area contributed by atoms with Crippen molar-refractivity contribution in [1.82, 2.24) is 4.90 Å². The minimum atomic E-state index is -0.715. The lowest BCUT2D eigenvalue weighted by atomic mass is 9.88. The predicted molar refractivity (Wildman–Crippen MR) is 77.3 cm³/mol. The van der Waals surface area contributed by atoms with Gasteiger partial charge in [0.05, 0.1) is 12.6 Å². The Hall–Kier alpha value is -1.55. The number of benzene rings is 1. The Morgan fingerprint density at radius 2 is 1.85 bits per heavy atom. The first-order chi connectivity index (χ1) is 9.58. The zero-order chi connectivity index (χ0) is 14.5. The molecule has 0 heterocycles. The highest BCUT2D eigenvalue weighted by Gasteiger charge is 2.25. The van der Waals surface area contributed by atoms with Gasteiger partial charge in [-0.25, -0.2) is 0 Å². The molecule has 2 rings (SSSR count). The van der Waals surface area contributed by atoms with Crippen LogP contribution in [-0.4, -0.2) is 34.6 Å². The number of hydrogen-bond acceptors (Lipinski definition) is 3. The van der Waals surface area contributed by atoms with Crippen LogP contribution in [0.5, 0.6) is 5.75 Å². The van der Waals surface area contributed by atoms with E-state index < -0.39 is 6.10 Å². The average Bonchev–Trinajstić information content (AvgIpc) is 2.48. The zero-order valence-corrected chi connectivity index (χ0v) is 12.0. The molecule has 110 valence electrons. The number of likely N-dealkylation sites (N-methyl/N-ethyl adjacent to an activating group) is 1. The summed E-state index contributed by atoms with van der Waals surface area (Å²) in [5.74, 6) is 0.441. The Labute approximate surface area is 120 Å². The van der Waals surface area contributed by atoms with Crippen molar-refractivity contribution in [3.8, 4) is 5.75 Å². The molecular weight excluding hydrogens is 254 g/mol. The molecule has 1 aliphatic carbocycles. The summed E-state index contributed by atoms with van der Waals surface area (Å²) < 4.78 is 0. The van der Waals surface area contributed by atoms with E-state index in [-0.39, 0.29) is 17.6 Å². The molecule has 1 fully saturated rings. The molecule has 1 unspecified atom stereocenters. The van der Waals surface area contributed by atoms with Crippen LogP contribution in [0.15, 0.2) is 24.3 Å². The lowest BCUT2D eigenvalue weighted by Crippen LogP contribution is -2.36. The minimum Gasteiger partial charge on any atom is -0.508 e. The minimum absolute atomic E-state index is 0.126. The maximum Gasteiger partial charge on any atom is 0.225 e. The highest BCUT2D eigenvalue weighted by atomic mass is 16.3. The molecule has 0 saturated heterocycles. The third-order valence-electron chi connectivity index (χ3n) is 4.06. The average molecular weight is 277 g/mol. The van der Waals surface area contributed by atoms with E-state index in [1.807, 2.05) is 0 Å². The van der Waals surface area contributed by atoms with E-state index in [9.17, 15) is 15.0 Å². The fourth-order valence-corrected chi connectivity index (χ4v) is 2.81. The van der Waals surface area contributed by atoms with E-state index >= 15 is 0 Å². The number of nitrogens with zero attached hydrogens (tertiary/aromatic N) is 1. The summed E-state index contributed by atoms with van der Waals surface area (Å²) in [5.41, 5.74) is 0.714. The van der Waals surface area contributed by atoms with E-state index in [1.165, 1.54) is 6.42 Å². The number of phenolic OH excluding ortho intramolecular Hbond substituents is 1. The van der Waals surface area contributed by atoms with Crippen molar-refractivity contribution < 1.29 is 15.0 Å². The van der Waals surface area contributed by atoms with Crippen LogP contribution in [0.2, 0.25) is 0 Å². The quantitative estimate of drug-likeness (QED) is 0.888. The largest absolute Gasteiger partial charge is 0.508 e.